The molecule has 0 spiro atoms. The van der Waals surface area contributed by atoms with Crippen LogP contribution < -0.4 is 5.32 Å². The van der Waals surface area contributed by atoms with Crippen LogP contribution in [-0.4, -0.2) is 29.8 Å². The fourth-order valence-corrected chi connectivity index (χ4v) is 3.52. The largest absolute Gasteiger partial charge is 0.310 e. The van der Waals surface area contributed by atoms with E-state index < -0.39 is 5.67 Å². The zero-order valence-corrected chi connectivity index (χ0v) is 9.54. The summed E-state index contributed by atoms with van der Waals surface area (Å²) in [5.74, 6) is 2.47. The Morgan fingerprint density at radius 2 is 2.07 bits per heavy atom. The average Bonchev–Trinajstić information content (AvgIpc) is 2.65. The van der Waals surface area contributed by atoms with Gasteiger partial charge in [-0.15, -0.1) is 0 Å². The Morgan fingerprint density at radius 1 is 1.29 bits per heavy atom. The summed E-state index contributed by atoms with van der Waals surface area (Å²) in [5, 5.41) is 3.41. The molecule has 2 rings (SSSR count). The third-order valence-electron chi connectivity index (χ3n) is 3.37. The first-order chi connectivity index (χ1) is 6.79. The van der Waals surface area contributed by atoms with Crippen molar-refractivity contribution >= 4 is 11.8 Å². The van der Waals surface area contributed by atoms with Gasteiger partial charge in [-0.05, 0) is 31.4 Å². The molecule has 0 amide bonds. The van der Waals surface area contributed by atoms with Gasteiger partial charge in [-0.3, -0.25) is 0 Å². The molecule has 0 aromatic carbocycles. The Hall–Kier alpha value is 0.240. The highest BCUT2D eigenvalue weighted by Crippen LogP contribution is 2.33. The maximum atomic E-state index is 14.0. The lowest BCUT2D eigenvalue weighted by molar-refractivity contribution is 0.162. The molecule has 14 heavy (non-hydrogen) atoms. The van der Waals surface area contributed by atoms with Crippen LogP contribution in [0.1, 0.15) is 38.5 Å². The molecular weight excluding hydrogens is 197 g/mol. The van der Waals surface area contributed by atoms with Gasteiger partial charge in [0.1, 0.15) is 5.67 Å². The zero-order chi connectivity index (χ0) is 9.86. The molecule has 0 aromatic heterocycles. The number of thioether (sulfide) groups is 1. The van der Waals surface area contributed by atoms with Crippen LogP contribution in [-0.2, 0) is 0 Å². The first-order valence-electron chi connectivity index (χ1n) is 5.79. The van der Waals surface area contributed by atoms with Gasteiger partial charge in [0.2, 0.25) is 0 Å². The molecule has 3 heteroatoms. The quantitative estimate of drug-likeness (QED) is 0.780. The number of halogens is 1. The average molecular weight is 217 g/mol. The number of alkyl halides is 1. The minimum Gasteiger partial charge on any atom is -0.310 e. The monoisotopic (exact) mass is 217 g/mol. The molecule has 1 saturated carbocycles. The van der Waals surface area contributed by atoms with Gasteiger partial charge in [0.05, 0.1) is 0 Å². The third-order valence-corrected chi connectivity index (χ3v) is 4.58. The molecule has 2 aliphatic rings. The summed E-state index contributed by atoms with van der Waals surface area (Å²) in [6.45, 7) is 0.595. The number of rotatable bonds is 3. The summed E-state index contributed by atoms with van der Waals surface area (Å²) in [6, 6.07) is 0.571. The Bertz CT molecular complexity index is 174. The first kappa shape index (κ1) is 10.7. The van der Waals surface area contributed by atoms with E-state index in [0.717, 1.165) is 25.7 Å². The molecule has 1 aliphatic heterocycles. The van der Waals surface area contributed by atoms with E-state index in [-0.39, 0.29) is 0 Å². The van der Waals surface area contributed by atoms with Crippen molar-refractivity contribution in [2.75, 3.05) is 18.1 Å². The summed E-state index contributed by atoms with van der Waals surface area (Å²) >= 11 is 2.00. The van der Waals surface area contributed by atoms with E-state index in [1.54, 1.807) is 0 Å². The molecule has 82 valence electrons. The van der Waals surface area contributed by atoms with Crippen LogP contribution in [0.5, 0.6) is 0 Å². The molecule has 1 heterocycles. The predicted molar refractivity (Wildman–Crippen MR) is 60.7 cm³/mol. The Morgan fingerprint density at radius 3 is 2.71 bits per heavy atom. The van der Waals surface area contributed by atoms with Gasteiger partial charge in [0, 0.05) is 18.3 Å². The van der Waals surface area contributed by atoms with Crippen molar-refractivity contribution in [3.05, 3.63) is 0 Å². The van der Waals surface area contributed by atoms with Crippen molar-refractivity contribution in [3.63, 3.8) is 0 Å². The summed E-state index contributed by atoms with van der Waals surface area (Å²) in [4.78, 5) is 0. The summed E-state index contributed by atoms with van der Waals surface area (Å²) in [5.41, 5.74) is -0.873. The van der Waals surface area contributed by atoms with Crippen LogP contribution in [0, 0.1) is 0 Å². The SMILES string of the molecule is FC1(CNC2CCCSC2)CCCC1. The van der Waals surface area contributed by atoms with Crippen molar-refractivity contribution in [2.45, 2.75) is 50.2 Å². The fourth-order valence-electron chi connectivity index (χ4n) is 2.41. The normalized spacial score (nSPS) is 31.9. The van der Waals surface area contributed by atoms with Gasteiger partial charge in [0.25, 0.3) is 0 Å². The second-order valence-corrected chi connectivity index (χ2v) is 5.80. The van der Waals surface area contributed by atoms with Crippen LogP contribution in [0.25, 0.3) is 0 Å². The first-order valence-corrected chi connectivity index (χ1v) is 6.94. The highest BCUT2D eigenvalue weighted by atomic mass is 32.2. The lowest BCUT2D eigenvalue weighted by Crippen LogP contribution is -2.42. The summed E-state index contributed by atoms with van der Waals surface area (Å²) in [7, 11) is 0. The highest BCUT2D eigenvalue weighted by Gasteiger charge is 2.33. The predicted octanol–water partition coefficient (Wildman–Crippen LogP) is 2.75. The van der Waals surface area contributed by atoms with E-state index in [9.17, 15) is 4.39 Å². The maximum Gasteiger partial charge on any atom is 0.123 e. The topological polar surface area (TPSA) is 12.0 Å². The third kappa shape index (κ3) is 2.86. The van der Waals surface area contributed by atoms with E-state index in [4.69, 9.17) is 0 Å². The molecule has 1 nitrogen and oxygen atoms in total. The van der Waals surface area contributed by atoms with Crippen LogP contribution in [0.15, 0.2) is 0 Å². The number of nitrogens with one attached hydrogen (secondary N) is 1. The highest BCUT2D eigenvalue weighted by molar-refractivity contribution is 7.99. The van der Waals surface area contributed by atoms with Crippen molar-refractivity contribution in [3.8, 4) is 0 Å². The van der Waals surface area contributed by atoms with Gasteiger partial charge in [0.15, 0.2) is 0 Å². The van der Waals surface area contributed by atoms with E-state index in [0.29, 0.717) is 12.6 Å². The molecule has 0 bridgehead atoms. The molecule has 0 radical (unpaired) electrons. The van der Waals surface area contributed by atoms with E-state index >= 15 is 0 Å². The Kier molecular flexibility index (Phi) is 3.72. The van der Waals surface area contributed by atoms with Gasteiger partial charge >= 0.3 is 0 Å². The lowest BCUT2D eigenvalue weighted by Gasteiger charge is -2.27. The minimum absolute atomic E-state index is 0.571. The number of hydrogen-bond donors (Lipinski definition) is 1. The minimum atomic E-state index is -0.873. The second kappa shape index (κ2) is 4.84. The van der Waals surface area contributed by atoms with Crippen molar-refractivity contribution in [1.29, 1.82) is 0 Å². The Balaban J connectivity index is 1.70. The van der Waals surface area contributed by atoms with Crippen LogP contribution in [0.2, 0.25) is 0 Å². The van der Waals surface area contributed by atoms with Crippen molar-refractivity contribution in [2.24, 2.45) is 0 Å². The van der Waals surface area contributed by atoms with Crippen LogP contribution >= 0.6 is 11.8 Å². The fraction of sp³-hybridized carbons (Fsp3) is 1.00. The molecule has 1 N–H and O–H groups in total. The maximum absolute atomic E-state index is 14.0. The summed E-state index contributed by atoms with van der Waals surface area (Å²) < 4.78 is 14.0. The molecule has 1 saturated heterocycles. The standard InChI is InChI=1S/C11H20FNS/c12-11(5-1-2-6-11)9-13-10-4-3-7-14-8-10/h10,13H,1-9H2. The Labute approximate surface area is 90.2 Å². The van der Waals surface area contributed by atoms with E-state index in [2.05, 4.69) is 5.32 Å². The van der Waals surface area contributed by atoms with Crippen LogP contribution in [0.3, 0.4) is 0 Å². The van der Waals surface area contributed by atoms with E-state index in [1.807, 2.05) is 11.8 Å². The van der Waals surface area contributed by atoms with Crippen molar-refractivity contribution < 1.29 is 4.39 Å². The van der Waals surface area contributed by atoms with Crippen LogP contribution in [0.4, 0.5) is 4.39 Å². The zero-order valence-electron chi connectivity index (χ0n) is 8.73. The van der Waals surface area contributed by atoms with Crippen molar-refractivity contribution in [1.82, 2.24) is 5.32 Å². The molecule has 1 unspecified atom stereocenters. The molecule has 1 atom stereocenters. The molecule has 2 fully saturated rings. The molecule has 0 aromatic rings. The van der Waals surface area contributed by atoms with E-state index in [1.165, 1.54) is 24.3 Å². The molecular formula is C11H20FNS. The smallest absolute Gasteiger partial charge is 0.123 e. The molecule has 1 aliphatic carbocycles. The number of hydrogen-bond acceptors (Lipinski definition) is 2. The van der Waals surface area contributed by atoms with Gasteiger partial charge in [-0.25, -0.2) is 4.39 Å². The van der Waals surface area contributed by atoms with Gasteiger partial charge in [-0.2, -0.15) is 11.8 Å². The second-order valence-electron chi connectivity index (χ2n) is 4.65. The summed E-state index contributed by atoms with van der Waals surface area (Å²) in [6.07, 6.45) is 6.25. The lowest BCUT2D eigenvalue weighted by atomic mass is 10.0. The van der Waals surface area contributed by atoms with Gasteiger partial charge in [-0.1, -0.05) is 12.8 Å². The van der Waals surface area contributed by atoms with Gasteiger partial charge < -0.3 is 5.32 Å².